The van der Waals surface area contributed by atoms with Crippen molar-refractivity contribution < 1.29 is 22.1 Å². The first-order valence-corrected chi connectivity index (χ1v) is 8.74. The van der Waals surface area contributed by atoms with Crippen LogP contribution in [-0.4, -0.2) is 54.1 Å². The summed E-state index contributed by atoms with van der Waals surface area (Å²) < 4.78 is 33.0. The summed E-state index contributed by atoms with van der Waals surface area (Å²) in [4.78, 5) is 13.8. The lowest BCUT2D eigenvalue weighted by molar-refractivity contribution is 0.0208. The Labute approximate surface area is 129 Å². The van der Waals surface area contributed by atoms with Crippen LogP contribution < -0.4 is 0 Å². The summed E-state index contributed by atoms with van der Waals surface area (Å²) in [5, 5.41) is 6.68. The first-order chi connectivity index (χ1) is 10.1. The SMILES string of the molecule is CC(C)(C)OC(=O)N1C[C@H](OS(C)(=O)=O)C[C@H]1c1ccn[nH]1. The van der Waals surface area contributed by atoms with E-state index in [2.05, 4.69) is 10.2 Å². The number of likely N-dealkylation sites (tertiary alicyclic amines) is 1. The highest BCUT2D eigenvalue weighted by atomic mass is 32.2. The second-order valence-electron chi connectivity index (χ2n) is 6.32. The number of rotatable bonds is 3. The lowest BCUT2D eigenvalue weighted by atomic mass is 10.1. The first-order valence-electron chi connectivity index (χ1n) is 6.92. The average molecular weight is 331 g/mol. The number of ether oxygens (including phenoxy) is 1. The second-order valence-corrected chi connectivity index (χ2v) is 7.92. The maximum Gasteiger partial charge on any atom is 0.410 e. The molecule has 2 atom stereocenters. The molecule has 1 aliphatic heterocycles. The normalized spacial score (nSPS) is 22.8. The number of nitrogens with one attached hydrogen (secondary N) is 1. The van der Waals surface area contributed by atoms with Gasteiger partial charge < -0.3 is 4.74 Å². The van der Waals surface area contributed by atoms with E-state index in [1.54, 1.807) is 33.0 Å². The molecule has 1 N–H and O–H groups in total. The van der Waals surface area contributed by atoms with Crippen LogP contribution in [0.3, 0.4) is 0 Å². The quantitative estimate of drug-likeness (QED) is 0.841. The molecule has 1 aliphatic rings. The first kappa shape index (κ1) is 16.8. The molecular formula is C13H21N3O5S. The van der Waals surface area contributed by atoms with Crippen molar-refractivity contribution in [3.63, 3.8) is 0 Å². The molecule has 0 aliphatic carbocycles. The van der Waals surface area contributed by atoms with Crippen molar-refractivity contribution in [2.75, 3.05) is 12.8 Å². The summed E-state index contributed by atoms with van der Waals surface area (Å²) in [6.07, 6.45) is 1.82. The lowest BCUT2D eigenvalue weighted by Gasteiger charge is -2.27. The highest BCUT2D eigenvalue weighted by Crippen LogP contribution is 2.34. The third kappa shape index (κ3) is 4.44. The topological polar surface area (TPSA) is 102 Å². The third-order valence-electron chi connectivity index (χ3n) is 3.08. The molecule has 124 valence electrons. The highest BCUT2D eigenvalue weighted by Gasteiger charge is 2.40. The van der Waals surface area contributed by atoms with Gasteiger partial charge in [-0.25, -0.2) is 4.79 Å². The van der Waals surface area contributed by atoms with Crippen LogP contribution in [0.5, 0.6) is 0 Å². The maximum atomic E-state index is 12.3. The minimum absolute atomic E-state index is 0.145. The van der Waals surface area contributed by atoms with Crippen LogP contribution >= 0.6 is 0 Å². The average Bonchev–Trinajstić information content (AvgIpc) is 2.91. The summed E-state index contributed by atoms with van der Waals surface area (Å²) in [6, 6.07) is 1.38. The number of nitrogens with zero attached hydrogens (tertiary/aromatic N) is 2. The fourth-order valence-electron chi connectivity index (χ4n) is 2.38. The van der Waals surface area contributed by atoms with Gasteiger partial charge in [-0.2, -0.15) is 13.5 Å². The molecular weight excluding hydrogens is 310 g/mol. The smallest absolute Gasteiger partial charge is 0.410 e. The van der Waals surface area contributed by atoms with Crippen LogP contribution in [0.1, 0.15) is 38.9 Å². The molecule has 0 bridgehead atoms. The Morgan fingerprint density at radius 1 is 1.45 bits per heavy atom. The zero-order valence-electron chi connectivity index (χ0n) is 13.1. The predicted molar refractivity (Wildman–Crippen MR) is 78.6 cm³/mol. The van der Waals surface area contributed by atoms with Gasteiger partial charge in [0.15, 0.2) is 0 Å². The molecule has 1 aromatic heterocycles. The van der Waals surface area contributed by atoms with Gasteiger partial charge in [0.1, 0.15) is 5.60 Å². The van der Waals surface area contributed by atoms with E-state index < -0.39 is 27.9 Å². The van der Waals surface area contributed by atoms with Crippen molar-refractivity contribution in [2.45, 2.75) is 44.9 Å². The molecule has 0 aromatic carbocycles. The lowest BCUT2D eigenvalue weighted by Crippen LogP contribution is -2.37. The minimum atomic E-state index is -3.59. The van der Waals surface area contributed by atoms with Gasteiger partial charge in [0.2, 0.25) is 0 Å². The molecule has 1 saturated heterocycles. The van der Waals surface area contributed by atoms with Gasteiger partial charge >= 0.3 is 6.09 Å². The van der Waals surface area contributed by atoms with Crippen molar-refractivity contribution in [3.05, 3.63) is 18.0 Å². The molecule has 1 amide bonds. The number of aromatic amines is 1. The Morgan fingerprint density at radius 3 is 2.64 bits per heavy atom. The molecule has 22 heavy (non-hydrogen) atoms. The van der Waals surface area contributed by atoms with E-state index in [0.717, 1.165) is 6.26 Å². The summed E-state index contributed by atoms with van der Waals surface area (Å²) in [6.45, 7) is 5.47. The van der Waals surface area contributed by atoms with E-state index in [1.165, 1.54) is 4.90 Å². The monoisotopic (exact) mass is 331 g/mol. The van der Waals surface area contributed by atoms with Crippen LogP contribution in [0.2, 0.25) is 0 Å². The highest BCUT2D eigenvalue weighted by molar-refractivity contribution is 7.86. The van der Waals surface area contributed by atoms with Crippen molar-refractivity contribution >= 4 is 16.2 Å². The van der Waals surface area contributed by atoms with Crippen molar-refractivity contribution in [3.8, 4) is 0 Å². The number of aromatic nitrogens is 2. The fraction of sp³-hybridized carbons (Fsp3) is 0.692. The van der Waals surface area contributed by atoms with Gasteiger partial charge in [-0.3, -0.25) is 14.2 Å². The van der Waals surface area contributed by atoms with E-state index in [9.17, 15) is 13.2 Å². The number of hydrogen-bond acceptors (Lipinski definition) is 6. The largest absolute Gasteiger partial charge is 0.444 e. The number of carbonyl (C=O) groups is 1. The van der Waals surface area contributed by atoms with Gasteiger partial charge in [-0.15, -0.1) is 0 Å². The van der Waals surface area contributed by atoms with Crippen LogP contribution in [0, 0.1) is 0 Å². The van der Waals surface area contributed by atoms with E-state index >= 15 is 0 Å². The van der Waals surface area contributed by atoms with Gasteiger partial charge in [-0.1, -0.05) is 0 Å². The minimum Gasteiger partial charge on any atom is -0.444 e. The predicted octanol–water partition coefficient (Wildman–Crippen LogP) is 1.44. The Balaban J connectivity index is 2.18. The van der Waals surface area contributed by atoms with Crippen LogP contribution in [0.25, 0.3) is 0 Å². The van der Waals surface area contributed by atoms with Gasteiger partial charge in [0.25, 0.3) is 10.1 Å². The zero-order chi connectivity index (χ0) is 16.5. The van der Waals surface area contributed by atoms with Crippen molar-refractivity contribution in [2.24, 2.45) is 0 Å². The number of hydrogen-bond donors (Lipinski definition) is 1. The molecule has 0 unspecified atom stereocenters. The summed E-state index contributed by atoms with van der Waals surface area (Å²) in [5.74, 6) is 0. The fourth-order valence-corrected chi connectivity index (χ4v) is 3.02. The molecule has 0 saturated carbocycles. The summed E-state index contributed by atoms with van der Waals surface area (Å²) in [5.41, 5.74) is 0.0799. The van der Waals surface area contributed by atoms with Gasteiger partial charge in [0, 0.05) is 12.6 Å². The van der Waals surface area contributed by atoms with Crippen molar-refractivity contribution in [1.29, 1.82) is 0 Å². The van der Waals surface area contributed by atoms with Crippen LogP contribution in [0.15, 0.2) is 12.3 Å². The molecule has 0 radical (unpaired) electrons. The molecule has 1 aromatic rings. The van der Waals surface area contributed by atoms with Crippen molar-refractivity contribution in [1.82, 2.24) is 15.1 Å². The molecule has 8 nitrogen and oxygen atoms in total. The van der Waals surface area contributed by atoms with Crippen LogP contribution in [-0.2, 0) is 19.0 Å². The molecule has 2 rings (SSSR count). The van der Waals surface area contributed by atoms with E-state index in [-0.39, 0.29) is 12.6 Å². The molecule has 0 spiro atoms. The number of amides is 1. The maximum absolute atomic E-state index is 12.3. The third-order valence-corrected chi connectivity index (χ3v) is 3.70. The van der Waals surface area contributed by atoms with E-state index in [0.29, 0.717) is 12.1 Å². The molecule has 9 heteroatoms. The number of carbonyl (C=O) groups excluding carboxylic acids is 1. The second kappa shape index (κ2) is 5.88. The van der Waals surface area contributed by atoms with Gasteiger partial charge in [0.05, 0.1) is 30.6 Å². The Hall–Kier alpha value is -1.61. The molecule has 2 heterocycles. The van der Waals surface area contributed by atoms with Gasteiger partial charge in [-0.05, 0) is 26.8 Å². The Morgan fingerprint density at radius 2 is 2.14 bits per heavy atom. The summed E-state index contributed by atoms with van der Waals surface area (Å²) >= 11 is 0. The summed E-state index contributed by atoms with van der Waals surface area (Å²) in [7, 11) is -3.59. The molecule has 1 fully saturated rings. The van der Waals surface area contributed by atoms with E-state index in [4.69, 9.17) is 8.92 Å². The Bertz CT molecular complexity index is 621. The number of H-pyrrole nitrogens is 1. The van der Waals surface area contributed by atoms with E-state index in [1.807, 2.05) is 0 Å². The zero-order valence-corrected chi connectivity index (χ0v) is 13.9. The standard InChI is InChI=1S/C13H21N3O5S/c1-13(2,3)20-12(17)16-8-9(21-22(4,18)19)7-11(16)10-5-6-14-15-10/h5-6,9,11H,7-8H2,1-4H3,(H,14,15)/t9-,11+/m1/s1. The Kier molecular flexibility index (Phi) is 4.48. The van der Waals surface area contributed by atoms with Crippen LogP contribution in [0.4, 0.5) is 4.79 Å².